The Kier molecular flexibility index (Phi) is 3.09. The first-order valence-corrected chi connectivity index (χ1v) is 4.62. The third kappa shape index (κ3) is 1.76. The number of fused-ring (bicyclic) bond motifs is 1. The van der Waals surface area contributed by atoms with Gasteiger partial charge in [0.05, 0.1) is 0 Å². The highest BCUT2D eigenvalue weighted by atomic mass is 14.1. The molecule has 0 bridgehead atoms. The summed E-state index contributed by atoms with van der Waals surface area (Å²) in [6, 6.07) is 6.62. The second-order valence-electron chi connectivity index (χ2n) is 2.81. The number of rotatable bonds is 0. The summed E-state index contributed by atoms with van der Waals surface area (Å²) in [5.74, 6) is 0. The van der Waals surface area contributed by atoms with Gasteiger partial charge in [-0.2, -0.15) is 0 Å². The molecule has 0 aliphatic heterocycles. The van der Waals surface area contributed by atoms with E-state index in [4.69, 9.17) is 0 Å². The first-order valence-electron chi connectivity index (χ1n) is 4.62. The Morgan fingerprint density at radius 2 is 1.92 bits per heavy atom. The number of hydrogen-bond donors (Lipinski definition) is 0. The maximum Gasteiger partial charge on any atom is -0.00882 e. The lowest BCUT2D eigenvalue weighted by atomic mass is 10.1. The summed E-state index contributed by atoms with van der Waals surface area (Å²) in [6.45, 7) is 6.13. The van der Waals surface area contributed by atoms with Crippen molar-refractivity contribution in [3.63, 3.8) is 0 Å². The van der Waals surface area contributed by atoms with E-state index in [9.17, 15) is 0 Å². The Bertz CT molecular complexity index is 282. The number of benzene rings is 1. The van der Waals surface area contributed by atoms with Gasteiger partial charge in [-0.25, -0.2) is 0 Å². The molecule has 0 amide bonds. The molecule has 0 fully saturated rings. The van der Waals surface area contributed by atoms with Gasteiger partial charge in [-0.05, 0) is 24.5 Å². The second kappa shape index (κ2) is 4.10. The number of aryl methyl sites for hydroxylation is 1. The molecule has 0 spiro atoms. The van der Waals surface area contributed by atoms with E-state index >= 15 is 0 Å². The van der Waals surface area contributed by atoms with Gasteiger partial charge < -0.3 is 0 Å². The van der Waals surface area contributed by atoms with Gasteiger partial charge in [-0.1, -0.05) is 49.8 Å². The SMILES string of the molecule is CC.Cc1ccc2c(c1)C=CC2. The fraction of sp³-hybridized carbons (Fsp3) is 0.333. The van der Waals surface area contributed by atoms with Crippen molar-refractivity contribution in [3.05, 3.63) is 41.0 Å². The molecule has 0 radical (unpaired) electrons. The van der Waals surface area contributed by atoms with Crippen LogP contribution in [0.5, 0.6) is 0 Å². The van der Waals surface area contributed by atoms with Gasteiger partial charge in [0.25, 0.3) is 0 Å². The van der Waals surface area contributed by atoms with Crippen LogP contribution in [0.4, 0.5) is 0 Å². The summed E-state index contributed by atoms with van der Waals surface area (Å²) in [5, 5.41) is 0. The molecule has 0 nitrogen and oxygen atoms in total. The van der Waals surface area contributed by atoms with E-state index in [0.29, 0.717) is 0 Å². The molecular formula is C12H16. The lowest BCUT2D eigenvalue weighted by molar-refractivity contribution is 1.29. The summed E-state index contributed by atoms with van der Waals surface area (Å²) in [6.07, 6.45) is 5.53. The van der Waals surface area contributed by atoms with Crippen LogP contribution < -0.4 is 0 Å². The fourth-order valence-corrected chi connectivity index (χ4v) is 1.37. The van der Waals surface area contributed by atoms with Gasteiger partial charge >= 0.3 is 0 Å². The van der Waals surface area contributed by atoms with E-state index < -0.39 is 0 Å². The molecule has 64 valence electrons. The molecule has 0 unspecified atom stereocenters. The minimum atomic E-state index is 1.12. The van der Waals surface area contributed by atoms with Crippen molar-refractivity contribution in [2.24, 2.45) is 0 Å². The maximum absolute atomic E-state index is 2.23. The summed E-state index contributed by atoms with van der Waals surface area (Å²) >= 11 is 0. The lowest BCUT2D eigenvalue weighted by Gasteiger charge is -1.97. The van der Waals surface area contributed by atoms with E-state index in [1.54, 1.807) is 0 Å². The average molecular weight is 160 g/mol. The largest absolute Gasteiger partial charge is 0.0795 e. The Balaban J connectivity index is 0.000000336. The summed E-state index contributed by atoms with van der Waals surface area (Å²) in [4.78, 5) is 0. The molecule has 1 aromatic carbocycles. The third-order valence-electron chi connectivity index (χ3n) is 1.94. The summed E-state index contributed by atoms with van der Waals surface area (Å²) in [5.41, 5.74) is 4.22. The molecule has 1 aliphatic carbocycles. The Morgan fingerprint density at radius 1 is 1.17 bits per heavy atom. The monoisotopic (exact) mass is 160 g/mol. The van der Waals surface area contributed by atoms with Crippen LogP contribution >= 0.6 is 0 Å². The first-order chi connectivity index (χ1) is 5.86. The van der Waals surface area contributed by atoms with E-state index in [2.05, 4.69) is 37.3 Å². The smallest absolute Gasteiger partial charge is 0.00882 e. The lowest BCUT2D eigenvalue weighted by Crippen LogP contribution is -1.81. The van der Waals surface area contributed by atoms with Crippen LogP contribution in [0, 0.1) is 6.92 Å². The molecule has 0 saturated carbocycles. The minimum absolute atomic E-state index is 1.12. The van der Waals surface area contributed by atoms with Crippen LogP contribution in [-0.2, 0) is 6.42 Å². The van der Waals surface area contributed by atoms with Crippen molar-refractivity contribution >= 4 is 6.08 Å². The van der Waals surface area contributed by atoms with Crippen LogP contribution in [0.2, 0.25) is 0 Å². The predicted octanol–water partition coefficient (Wildman–Crippen LogP) is 3.59. The topological polar surface area (TPSA) is 0 Å². The molecule has 1 aromatic rings. The van der Waals surface area contributed by atoms with Crippen molar-refractivity contribution in [1.29, 1.82) is 0 Å². The predicted molar refractivity (Wildman–Crippen MR) is 55.3 cm³/mol. The highest BCUT2D eigenvalue weighted by Crippen LogP contribution is 2.19. The molecule has 0 heteroatoms. The van der Waals surface area contributed by atoms with Crippen LogP contribution in [0.3, 0.4) is 0 Å². The van der Waals surface area contributed by atoms with Gasteiger partial charge in [0.1, 0.15) is 0 Å². The molecule has 0 N–H and O–H groups in total. The van der Waals surface area contributed by atoms with Gasteiger partial charge in [-0.15, -0.1) is 0 Å². The van der Waals surface area contributed by atoms with Crippen LogP contribution in [-0.4, -0.2) is 0 Å². The number of allylic oxidation sites excluding steroid dienone is 1. The molecule has 1 aliphatic rings. The molecule has 0 aromatic heterocycles. The molecule has 2 rings (SSSR count). The summed E-state index contributed by atoms with van der Waals surface area (Å²) < 4.78 is 0. The van der Waals surface area contributed by atoms with Gasteiger partial charge in [0.15, 0.2) is 0 Å². The Labute approximate surface area is 74.9 Å². The van der Waals surface area contributed by atoms with Gasteiger partial charge in [0, 0.05) is 0 Å². The zero-order chi connectivity index (χ0) is 8.97. The fourth-order valence-electron chi connectivity index (χ4n) is 1.37. The molecule has 0 heterocycles. The average Bonchev–Trinajstić information content (AvgIpc) is 2.54. The van der Waals surface area contributed by atoms with Crippen LogP contribution in [0.15, 0.2) is 24.3 Å². The zero-order valence-corrected chi connectivity index (χ0v) is 8.09. The minimum Gasteiger partial charge on any atom is -0.0795 e. The van der Waals surface area contributed by atoms with E-state index in [0.717, 1.165) is 6.42 Å². The Morgan fingerprint density at radius 3 is 2.67 bits per heavy atom. The van der Waals surface area contributed by atoms with E-state index in [1.807, 2.05) is 13.8 Å². The van der Waals surface area contributed by atoms with Gasteiger partial charge in [0.2, 0.25) is 0 Å². The van der Waals surface area contributed by atoms with Crippen molar-refractivity contribution in [2.45, 2.75) is 27.2 Å². The van der Waals surface area contributed by atoms with Crippen LogP contribution in [0.1, 0.15) is 30.5 Å². The van der Waals surface area contributed by atoms with Crippen molar-refractivity contribution in [2.75, 3.05) is 0 Å². The highest BCUT2D eigenvalue weighted by molar-refractivity contribution is 5.60. The quantitative estimate of drug-likeness (QED) is 0.544. The molecule has 12 heavy (non-hydrogen) atoms. The van der Waals surface area contributed by atoms with Crippen molar-refractivity contribution < 1.29 is 0 Å². The third-order valence-corrected chi connectivity index (χ3v) is 1.94. The van der Waals surface area contributed by atoms with Gasteiger partial charge in [-0.3, -0.25) is 0 Å². The van der Waals surface area contributed by atoms with Crippen molar-refractivity contribution in [3.8, 4) is 0 Å². The molecule has 0 saturated heterocycles. The Hall–Kier alpha value is -1.04. The maximum atomic E-state index is 2.23. The molecule has 0 atom stereocenters. The highest BCUT2D eigenvalue weighted by Gasteiger charge is 2.02. The second-order valence-corrected chi connectivity index (χ2v) is 2.81. The zero-order valence-electron chi connectivity index (χ0n) is 8.09. The standard InChI is InChI=1S/C10H10.C2H6/c1-8-5-6-9-3-2-4-10(9)7-8;1-2/h2,4-7H,3H2,1H3;1-2H3. The summed E-state index contributed by atoms with van der Waals surface area (Å²) in [7, 11) is 0. The van der Waals surface area contributed by atoms with Crippen LogP contribution in [0.25, 0.3) is 6.08 Å². The van der Waals surface area contributed by atoms with E-state index in [1.165, 1.54) is 16.7 Å². The first kappa shape index (κ1) is 9.05. The van der Waals surface area contributed by atoms with E-state index in [-0.39, 0.29) is 0 Å². The number of hydrogen-bond acceptors (Lipinski definition) is 0. The normalized spacial score (nSPS) is 11.9. The van der Waals surface area contributed by atoms with Crippen molar-refractivity contribution in [1.82, 2.24) is 0 Å². The molecular weight excluding hydrogens is 144 g/mol.